The number of unbranched alkanes of at least 4 members (excludes halogenated alkanes) is 1. The highest BCUT2D eigenvalue weighted by atomic mass is 19.1. The van der Waals surface area contributed by atoms with Gasteiger partial charge < -0.3 is 19.9 Å². The summed E-state index contributed by atoms with van der Waals surface area (Å²) in [6.07, 6.45) is 7.44. The molecule has 2 fully saturated rings. The first kappa shape index (κ1) is 25.1. The van der Waals surface area contributed by atoms with Crippen molar-refractivity contribution in [1.82, 2.24) is 9.88 Å². The summed E-state index contributed by atoms with van der Waals surface area (Å²) < 4.78 is 26.1. The summed E-state index contributed by atoms with van der Waals surface area (Å²) in [5.41, 5.74) is 3.70. The molecule has 0 spiro atoms. The number of ether oxygens (including phenoxy) is 2. The SMILES string of the molecule is O=C(O)[C@H](c1cc(F)ccc1[C@@H]1CCCO1)N1CC[C@@H](OCCCCc2ccc3c(n2)NCCC3)C1. The third-order valence-corrected chi connectivity index (χ3v) is 7.53. The van der Waals surface area contributed by atoms with Crippen molar-refractivity contribution >= 4 is 11.8 Å². The molecule has 2 aromatic rings. The normalized spacial score (nSPS) is 22.8. The number of carboxylic acid groups (broad SMARTS) is 1. The Kier molecular flexibility index (Phi) is 8.14. The second-order valence-corrected chi connectivity index (χ2v) is 10.1. The molecule has 0 amide bonds. The first-order chi connectivity index (χ1) is 17.6. The number of aryl methyl sites for hydroxylation is 2. The van der Waals surface area contributed by atoms with Gasteiger partial charge in [-0.1, -0.05) is 12.1 Å². The molecule has 0 aliphatic carbocycles. The fourth-order valence-corrected chi connectivity index (χ4v) is 5.68. The Morgan fingerprint density at radius 3 is 3.00 bits per heavy atom. The van der Waals surface area contributed by atoms with Crippen LogP contribution in [0.4, 0.5) is 10.2 Å². The number of rotatable bonds is 10. The molecule has 0 bridgehead atoms. The molecular weight excluding hydrogens is 461 g/mol. The number of hydrogen-bond acceptors (Lipinski definition) is 6. The van der Waals surface area contributed by atoms with Crippen molar-refractivity contribution in [3.8, 4) is 0 Å². The Bertz CT molecular complexity index is 1060. The Hall–Kier alpha value is -2.55. The number of likely N-dealkylation sites (tertiary alicyclic amines) is 1. The van der Waals surface area contributed by atoms with Crippen molar-refractivity contribution in [2.75, 3.05) is 38.2 Å². The molecule has 2 saturated heterocycles. The van der Waals surface area contributed by atoms with Gasteiger partial charge in [0.15, 0.2) is 0 Å². The number of carboxylic acids is 1. The molecule has 2 N–H and O–H groups in total. The summed E-state index contributed by atoms with van der Waals surface area (Å²) in [6.45, 7) is 3.41. The van der Waals surface area contributed by atoms with E-state index in [1.807, 2.05) is 4.90 Å². The number of nitrogens with zero attached hydrogens (tertiary/aromatic N) is 2. The largest absolute Gasteiger partial charge is 0.480 e. The van der Waals surface area contributed by atoms with Gasteiger partial charge in [0, 0.05) is 38.5 Å². The van der Waals surface area contributed by atoms with Gasteiger partial charge in [0.25, 0.3) is 0 Å². The number of aromatic nitrogens is 1. The Labute approximate surface area is 212 Å². The van der Waals surface area contributed by atoms with Gasteiger partial charge in [-0.2, -0.15) is 0 Å². The van der Waals surface area contributed by atoms with E-state index < -0.39 is 17.8 Å². The summed E-state index contributed by atoms with van der Waals surface area (Å²) in [7, 11) is 0. The van der Waals surface area contributed by atoms with Gasteiger partial charge >= 0.3 is 5.97 Å². The van der Waals surface area contributed by atoms with Crippen LogP contribution in [-0.4, -0.2) is 59.9 Å². The zero-order chi connectivity index (χ0) is 24.9. The highest BCUT2D eigenvalue weighted by molar-refractivity contribution is 5.76. The zero-order valence-corrected chi connectivity index (χ0v) is 20.8. The third-order valence-electron chi connectivity index (χ3n) is 7.53. The first-order valence-corrected chi connectivity index (χ1v) is 13.3. The van der Waals surface area contributed by atoms with Crippen LogP contribution in [0, 0.1) is 5.82 Å². The molecule has 7 nitrogen and oxygen atoms in total. The minimum absolute atomic E-state index is 0.0161. The molecule has 4 heterocycles. The second kappa shape index (κ2) is 11.7. The van der Waals surface area contributed by atoms with Crippen molar-refractivity contribution in [2.24, 2.45) is 0 Å². The molecular formula is C28H36FN3O4. The van der Waals surface area contributed by atoms with Crippen LogP contribution in [-0.2, 0) is 27.1 Å². The summed E-state index contributed by atoms with van der Waals surface area (Å²) in [5, 5.41) is 13.5. The average molecular weight is 498 g/mol. The maximum absolute atomic E-state index is 14.2. The number of benzene rings is 1. The van der Waals surface area contributed by atoms with Crippen LogP contribution < -0.4 is 5.32 Å². The Morgan fingerprint density at radius 1 is 1.25 bits per heavy atom. The molecule has 1 aromatic heterocycles. The van der Waals surface area contributed by atoms with E-state index in [4.69, 9.17) is 14.5 Å². The molecule has 0 saturated carbocycles. The van der Waals surface area contributed by atoms with Crippen molar-refractivity contribution in [3.05, 3.63) is 58.5 Å². The number of halogens is 1. The van der Waals surface area contributed by atoms with Gasteiger partial charge in [0.2, 0.25) is 0 Å². The molecule has 1 aromatic carbocycles. The molecule has 3 aliphatic heterocycles. The van der Waals surface area contributed by atoms with Gasteiger partial charge in [0.1, 0.15) is 17.7 Å². The molecule has 3 atom stereocenters. The van der Waals surface area contributed by atoms with Crippen LogP contribution in [0.3, 0.4) is 0 Å². The smallest absolute Gasteiger partial charge is 0.325 e. The lowest BCUT2D eigenvalue weighted by atomic mass is 9.94. The standard InChI is InChI=1S/C28H36FN3O4/c29-20-9-11-23(25-7-4-16-36-25)24(17-20)26(28(33)34)32-14-12-22(18-32)35-15-2-1-6-21-10-8-19-5-3-13-30-27(19)31-21/h8-11,17,22,25-26H,1-7,12-16,18H2,(H,30,31)(H,33,34)/t22-,25+,26+/m1/s1. The number of nitrogens with one attached hydrogen (secondary N) is 1. The molecule has 5 rings (SSSR count). The van der Waals surface area contributed by atoms with E-state index in [0.29, 0.717) is 31.9 Å². The summed E-state index contributed by atoms with van der Waals surface area (Å²) in [4.78, 5) is 19.0. The summed E-state index contributed by atoms with van der Waals surface area (Å²) >= 11 is 0. The van der Waals surface area contributed by atoms with Crippen LogP contribution in [0.2, 0.25) is 0 Å². The number of fused-ring (bicyclic) bond motifs is 1. The predicted octanol–water partition coefficient (Wildman–Crippen LogP) is 4.67. The number of aliphatic carboxylic acids is 1. The Balaban J connectivity index is 1.12. The quantitative estimate of drug-likeness (QED) is 0.462. The molecule has 3 aliphatic rings. The monoisotopic (exact) mass is 497 g/mol. The van der Waals surface area contributed by atoms with Gasteiger partial charge in [-0.3, -0.25) is 9.69 Å². The lowest BCUT2D eigenvalue weighted by molar-refractivity contribution is -0.143. The van der Waals surface area contributed by atoms with Crippen LogP contribution >= 0.6 is 0 Å². The highest BCUT2D eigenvalue weighted by Gasteiger charge is 2.37. The van der Waals surface area contributed by atoms with Crippen molar-refractivity contribution < 1.29 is 23.8 Å². The van der Waals surface area contributed by atoms with Crippen molar-refractivity contribution in [1.29, 1.82) is 0 Å². The molecule has 8 heteroatoms. The van der Waals surface area contributed by atoms with Crippen molar-refractivity contribution in [2.45, 2.75) is 69.6 Å². The minimum atomic E-state index is -0.965. The molecule has 0 unspecified atom stereocenters. The van der Waals surface area contributed by atoms with E-state index in [1.165, 1.54) is 17.7 Å². The van der Waals surface area contributed by atoms with E-state index in [0.717, 1.165) is 75.0 Å². The number of pyridine rings is 1. The average Bonchev–Trinajstić information content (AvgIpc) is 3.57. The van der Waals surface area contributed by atoms with Crippen LogP contribution in [0.15, 0.2) is 30.3 Å². The summed E-state index contributed by atoms with van der Waals surface area (Å²) in [6, 6.07) is 7.87. The van der Waals surface area contributed by atoms with E-state index in [2.05, 4.69) is 17.4 Å². The van der Waals surface area contributed by atoms with Gasteiger partial charge in [-0.05, 0) is 86.3 Å². The van der Waals surface area contributed by atoms with Crippen molar-refractivity contribution in [3.63, 3.8) is 0 Å². The second-order valence-electron chi connectivity index (χ2n) is 10.1. The van der Waals surface area contributed by atoms with E-state index in [-0.39, 0.29) is 12.2 Å². The predicted molar refractivity (Wildman–Crippen MR) is 135 cm³/mol. The van der Waals surface area contributed by atoms with E-state index >= 15 is 0 Å². The first-order valence-electron chi connectivity index (χ1n) is 13.3. The fraction of sp³-hybridized carbons (Fsp3) is 0.571. The summed E-state index contributed by atoms with van der Waals surface area (Å²) in [5.74, 6) is -0.350. The highest BCUT2D eigenvalue weighted by Crippen LogP contribution is 2.37. The third kappa shape index (κ3) is 5.88. The van der Waals surface area contributed by atoms with Crippen LogP contribution in [0.5, 0.6) is 0 Å². The molecule has 36 heavy (non-hydrogen) atoms. The Morgan fingerprint density at radius 2 is 2.17 bits per heavy atom. The fourth-order valence-electron chi connectivity index (χ4n) is 5.68. The maximum Gasteiger partial charge on any atom is 0.325 e. The number of anilines is 1. The topological polar surface area (TPSA) is 83.9 Å². The molecule has 194 valence electrons. The lowest BCUT2D eigenvalue weighted by Crippen LogP contribution is -2.34. The van der Waals surface area contributed by atoms with Gasteiger partial charge in [-0.15, -0.1) is 0 Å². The van der Waals surface area contributed by atoms with Crippen LogP contribution in [0.1, 0.15) is 73.1 Å². The number of hydrogen-bond donors (Lipinski definition) is 2. The number of carbonyl (C=O) groups is 1. The van der Waals surface area contributed by atoms with Gasteiger partial charge in [0.05, 0.1) is 12.2 Å². The lowest BCUT2D eigenvalue weighted by Gasteiger charge is -2.28. The zero-order valence-electron chi connectivity index (χ0n) is 20.8. The van der Waals surface area contributed by atoms with E-state index in [9.17, 15) is 14.3 Å². The van der Waals surface area contributed by atoms with Crippen LogP contribution in [0.25, 0.3) is 0 Å². The minimum Gasteiger partial charge on any atom is -0.480 e. The van der Waals surface area contributed by atoms with Gasteiger partial charge in [-0.25, -0.2) is 9.37 Å². The van der Waals surface area contributed by atoms with E-state index in [1.54, 1.807) is 6.07 Å². The maximum atomic E-state index is 14.2. The molecule has 0 radical (unpaired) electrons.